The Morgan fingerprint density at radius 3 is 2.65 bits per heavy atom. The highest BCUT2D eigenvalue weighted by atomic mass is 16.5. The quantitative estimate of drug-likeness (QED) is 0.847. The summed E-state index contributed by atoms with van der Waals surface area (Å²) in [4.78, 5) is 11.3. The predicted molar refractivity (Wildman–Crippen MR) is 64.9 cm³/mol. The van der Waals surface area contributed by atoms with Gasteiger partial charge in [0.15, 0.2) is 0 Å². The minimum absolute atomic E-state index is 0.0987. The van der Waals surface area contributed by atoms with Gasteiger partial charge in [0.05, 0.1) is 13.2 Å². The number of primary amides is 1. The van der Waals surface area contributed by atoms with Crippen LogP contribution >= 0.6 is 0 Å². The number of carbonyl (C=O) groups is 1. The molecule has 0 bridgehead atoms. The first kappa shape index (κ1) is 11.4. The predicted octanol–water partition coefficient (Wildman–Crippen LogP) is 1.90. The summed E-state index contributed by atoms with van der Waals surface area (Å²) >= 11 is 0. The zero-order chi connectivity index (χ0) is 12.4. The second kappa shape index (κ2) is 4.45. The Morgan fingerprint density at radius 2 is 2.12 bits per heavy atom. The number of urea groups is 1. The zero-order valence-corrected chi connectivity index (χ0v) is 9.88. The second-order valence-corrected chi connectivity index (χ2v) is 4.01. The van der Waals surface area contributed by atoms with Crippen LogP contribution in [0.4, 0.5) is 4.79 Å². The van der Waals surface area contributed by atoms with Gasteiger partial charge in [-0.15, -0.1) is 0 Å². The van der Waals surface area contributed by atoms with Crippen molar-refractivity contribution in [3.8, 4) is 5.75 Å². The van der Waals surface area contributed by atoms with E-state index in [2.05, 4.69) is 5.10 Å². The molecule has 90 valence electrons. The highest BCUT2D eigenvalue weighted by molar-refractivity contribution is 5.87. The summed E-state index contributed by atoms with van der Waals surface area (Å²) in [7, 11) is 1.62. The van der Waals surface area contributed by atoms with Crippen LogP contribution in [0.1, 0.15) is 24.9 Å². The van der Waals surface area contributed by atoms with Crippen LogP contribution in [0.3, 0.4) is 0 Å². The fourth-order valence-electron chi connectivity index (χ4n) is 1.95. The van der Waals surface area contributed by atoms with Crippen molar-refractivity contribution in [1.82, 2.24) is 5.01 Å². The van der Waals surface area contributed by atoms with Crippen molar-refractivity contribution in [2.24, 2.45) is 10.8 Å². The molecule has 0 spiro atoms. The molecule has 2 amide bonds. The van der Waals surface area contributed by atoms with Crippen molar-refractivity contribution in [2.45, 2.75) is 19.4 Å². The Labute approximate surface area is 99.9 Å². The molecule has 1 aliphatic rings. The van der Waals surface area contributed by atoms with Crippen molar-refractivity contribution < 1.29 is 9.53 Å². The van der Waals surface area contributed by atoms with E-state index >= 15 is 0 Å². The van der Waals surface area contributed by atoms with E-state index in [9.17, 15) is 4.79 Å². The van der Waals surface area contributed by atoms with Gasteiger partial charge in [-0.05, 0) is 24.6 Å². The van der Waals surface area contributed by atoms with Gasteiger partial charge in [-0.25, -0.2) is 9.80 Å². The maximum atomic E-state index is 11.3. The van der Waals surface area contributed by atoms with Crippen LogP contribution in [0.5, 0.6) is 5.75 Å². The SMILES string of the molecule is COc1ccc(C2CC(C)=NN2C(N)=O)cc1. The van der Waals surface area contributed by atoms with Crippen LogP contribution in [-0.2, 0) is 0 Å². The molecule has 0 aromatic heterocycles. The first-order chi connectivity index (χ1) is 8.11. The molecular formula is C12H15N3O2. The van der Waals surface area contributed by atoms with Crippen LogP contribution in [0, 0.1) is 0 Å². The average Bonchev–Trinajstić information content (AvgIpc) is 2.72. The number of methoxy groups -OCH3 is 1. The molecule has 1 heterocycles. The van der Waals surface area contributed by atoms with Crippen LogP contribution in [0.2, 0.25) is 0 Å². The lowest BCUT2D eigenvalue weighted by Crippen LogP contribution is -2.31. The van der Waals surface area contributed by atoms with Crippen LogP contribution in [0.25, 0.3) is 0 Å². The van der Waals surface area contributed by atoms with E-state index in [0.29, 0.717) is 0 Å². The maximum absolute atomic E-state index is 11.3. The van der Waals surface area contributed by atoms with Crippen molar-refractivity contribution in [1.29, 1.82) is 0 Å². The topological polar surface area (TPSA) is 67.9 Å². The van der Waals surface area contributed by atoms with E-state index in [1.165, 1.54) is 5.01 Å². The van der Waals surface area contributed by atoms with Gasteiger partial charge in [0.2, 0.25) is 0 Å². The number of rotatable bonds is 2. The number of hydrogen-bond donors (Lipinski definition) is 1. The molecule has 5 nitrogen and oxygen atoms in total. The van der Waals surface area contributed by atoms with Crippen LogP contribution in [-0.4, -0.2) is 23.9 Å². The summed E-state index contributed by atoms with van der Waals surface area (Å²) in [6.07, 6.45) is 0.718. The number of carbonyl (C=O) groups excluding carboxylic acids is 1. The highest BCUT2D eigenvalue weighted by Crippen LogP contribution is 2.31. The Morgan fingerprint density at radius 1 is 1.47 bits per heavy atom. The molecule has 0 fully saturated rings. The van der Waals surface area contributed by atoms with Crippen molar-refractivity contribution >= 4 is 11.7 Å². The third-order valence-corrected chi connectivity index (χ3v) is 2.79. The van der Waals surface area contributed by atoms with E-state index in [0.717, 1.165) is 23.4 Å². The average molecular weight is 233 g/mol. The molecule has 2 rings (SSSR count). The van der Waals surface area contributed by atoms with E-state index in [1.807, 2.05) is 31.2 Å². The number of nitrogens with two attached hydrogens (primary N) is 1. The fraction of sp³-hybridized carbons (Fsp3) is 0.333. The van der Waals surface area contributed by atoms with Crippen LogP contribution < -0.4 is 10.5 Å². The number of nitrogens with zero attached hydrogens (tertiary/aromatic N) is 2. The Hall–Kier alpha value is -2.04. The number of hydrogen-bond acceptors (Lipinski definition) is 3. The Balaban J connectivity index is 2.24. The molecule has 0 saturated heterocycles. The summed E-state index contributed by atoms with van der Waals surface area (Å²) < 4.78 is 5.09. The number of amides is 2. The second-order valence-electron chi connectivity index (χ2n) is 4.01. The molecule has 1 atom stereocenters. The van der Waals surface area contributed by atoms with Gasteiger partial charge in [0, 0.05) is 12.1 Å². The highest BCUT2D eigenvalue weighted by Gasteiger charge is 2.29. The van der Waals surface area contributed by atoms with E-state index < -0.39 is 6.03 Å². The molecule has 0 saturated carbocycles. The van der Waals surface area contributed by atoms with E-state index in [-0.39, 0.29) is 6.04 Å². The molecule has 1 aromatic carbocycles. The lowest BCUT2D eigenvalue weighted by molar-refractivity contribution is 0.196. The van der Waals surface area contributed by atoms with Crippen molar-refractivity contribution in [3.63, 3.8) is 0 Å². The van der Waals surface area contributed by atoms with Crippen LogP contribution in [0.15, 0.2) is 29.4 Å². The number of benzene rings is 1. The van der Waals surface area contributed by atoms with Gasteiger partial charge in [0.25, 0.3) is 0 Å². The molecule has 0 aliphatic carbocycles. The molecule has 1 unspecified atom stereocenters. The third-order valence-electron chi connectivity index (χ3n) is 2.79. The van der Waals surface area contributed by atoms with E-state index in [4.69, 9.17) is 10.5 Å². The monoisotopic (exact) mass is 233 g/mol. The molecule has 17 heavy (non-hydrogen) atoms. The lowest BCUT2D eigenvalue weighted by Gasteiger charge is -2.20. The Bertz CT molecular complexity index is 453. The maximum Gasteiger partial charge on any atom is 0.335 e. The molecule has 1 aromatic rings. The molecule has 5 heteroatoms. The van der Waals surface area contributed by atoms with Gasteiger partial charge in [-0.1, -0.05) is 12.1 Å². The van der Waals surface area contributed by atoms with Gasteiger partial charge in [0.1, 0.15) is 5.75 Å². The molecule has 1 aliphatic heterocycles. The van der Waals surface area contributed by atoms with Gasteiger partial charge in [-0.3, -0.25) is 0 Å². The number of ether oxygens (including phenoxy) is 1. The normalized spacial score (nSPS) is 19.1. The zero-order valence-electron chi connectivity index (χ0n) is 9.88. The van der Waals surface area contributed by atoms with Gasteiger partial charge < -0.3 is 10.5 Å². The summed E-state index contributed by atoms with van der Waals surface area (Å²) in [6, 6.07) is 6.95. The third kappa shape index (κ3) is 2.22. The first-order valence-corrected chi connectivity index (χ1v) is 5.38. The first-order valence-electron chi connectivity index (χ1n) is 5.38. The smallest absolute Gasteiger partial charge is 0.335 e. The fourth-order valence-corrected chi connectivity index (χ4v) is 1.95. The number of hydrazone groups is 1. The molecular weight excluding hydrogens is 218 g/mol. The lowest BCUT2D eigenvalue weighted by atomic mass is 10.0. The Kier molecular flexibility index (Phi) is 2.99. The summed E-state index contributed by atoms with van der Waals surface area (Å²) in [5, 5.41) is 5.46. The van der Waals surface area contributed by atoms with Gasteiger partial charge >= 0.3 is 6.03 Å². The van der Waals surface area contributed by atoms with Gasteiger partial charge in [-0.2, -0.15) is 5.10 Å². The summed E-state index contributed by atoms with van der Waals surface area (Å²) in [5.41, 5.74) is 7.21. The largest absolute Gasteiger partial charge is 0.497 e. The van der Waals surface area contributed by atoms with Crippen molar-refractivity contribution in [2.75, 3.05) is 7.11 Å². The molecule has 2 N–H and O–H groups in total. The van der Waals surface area contributed by atoms with E-state index in [1.54, 1.807) is 7.11 Å². The standard InChI is InChI=1S/C12H15N3O2/c1-8-7-11(15(14-8)12(13)16)9-3-5-10(17-2)6-4-9/h3-6,11H,7H2,1-2H3,(H2,13,16). The minimum Gasteiger partial charge on any atom is -0.497 e. The minimum atomic E-state index is -0.525. The molecule has 0 radical (unpaired) electrons. The summed E-state index contributed by atoms with van der Waals surface area (Å²) in [5.74, 6) is 0.787. The summed E-state index contributed by atoms with van der Waals surface area (Å²) in [6.45, 7) is 1.89. The van der Waals surface area contributed by atoms with Crippen molar-refractivity contribution in [3.05, 3.63) is 29.8 Å².